The molecule has 166 valence electrons. The molecule has 2 fully saturated rings. The van der Waals surface area contributed by atoms with Crippen LogP contribution in [0.1, 0.15) is 64.0 Å². The van der Waals surface area contributed by atoms with Crippen LogP contribution in [0.5, 0.6) is 0 Å². The Morgan fingerprint density at radius 2 is 1.83 bits per heavy atom. The lowest BCUT2D eigenvalue weighted by Crippen LogP contribution is -2.65. The molecule has 1 unspecified atom stereocenters. The molecule has 30 heavy (non-hydrogen) atoms. The first-order valence-electron chi connectivity index (χ1n) is 11.0. The van der Waals surface area contributed by atoms with Crippen molar-refractivity contribution in [3.05, 3.63) is 29.3 Å². The van der Waals surface area contributed by atoms with E-state index in [1.807, 2.05) is 6.07 Å². The SMILES string of the molecule is COC1CCC(C(=O)N2CC[C@@]3(C)c4cc(S(N)(=O)=O)ccc4CC2C3(C)C)CC1. The summed E-state index contributed by atoms with van der Waals surface area (Å²) in [6, 6.07) is 5.38. The number of rotatable bonds is 3. The fourth-order valence-electron chi connectivity index (χ4n) is 6.10. The molecule has 1 aromatic carbocycles. The molecule has 1 amide bonds. The number of hydrogen-bond acceptors (Lipinski definition) is 4. The molecule has 2 atom stereocenters. The van der Waals surface area contributed by atoms with E-state index in [2.05, 4.69) is 25.7 Å². The Bertz CT molecular complexity index is 950. The van der Waals surface area contributed by atoms with Gasteiger partial charge in [-0.2, -0.15) is 0 Å². The predicted octanol–water partition coefficient (Wildman–Crippen LogP) is 2.98. The van der Waals surface area contributed by atoms with E-state index >= 15 is 0 Å². The summed E-state index contributed by atoms with van der Waals surface area (Å²) in [6.45, 7) is 7.39. The standard InChI is InChI=1S/C23H34N2O4S/c1-22(2)20-13-16-7-10-18(30(24,27)28)14-19(16)23(22,3)11-12-25(20)21(26)15-5-8-17(29-4)9-6-15/h7,10,14-15,17,20H,5-6,8-9,11-13H2,1-4H3,(H2,24,27,28)/t15?,17?,20?,23-/m0/s1. The van der Waals surface area contributed by atoms with Crippen LogP contribution in [-0.2, 0) is 31.4 Å². The lowest BCUT2D eigenvalue weighted by molar-refractivity contribution is -0.150. The van der Waals surface area contributed by atoms with Gasteiger partial charge in [-0.25, -0.2) is 13.6 Å². The number of amides is 1. The third-order valence-corrected chi connectivity index (χ3v) is 9.45. The van der Waals surface area contributed by atoms with Crippen LogP contribution in [0, 0.1) is 11.3 Å². The topological polar surface area (TPSA) is 89.7 Å². The maximum atomic E-state index is 13.5. The van der Waals surface area contributed by atoms with E-state index < -0.39 is 10.0 Å². The van der Waals surface area contributed by atoms with E-state index in [0.717, 1.165) is 49.7 Å². The first kappa shape index (κ1) is 21.8. The van der Waals surface area contributed by atoms with Crippen molar-refractivity contribution in [3.63, 3.8) is 0 Å². The predicted molar refractivity (Wildman–Crippen MR) is 116 cm³/mol. The molecule has 1 aromatic rings. The zero-order valence-electron chi connectivity index (χ0n) is 18.5. The van der Waals surface area contributed by atoms with Gasteiger partial charge in [0.25, 0.3) is 0 Å². The van der Waals surface area contributed by atoms with Crippen LogP contribution in [0.15, 0.2) is 23.1 Å². The average Bonchev–Trinajstić information content (AvgIpc) is 2.69. The maximum absolute atomic E-state index is 13.5. The fraction of sp³-hybridized carbons (Fsp3) is 0.696. The number of fused-ring (bicyclic) bond motifs is 4. The molecule has 2 aliphatic carbocycles. The lowest BCUT2D eigenvalue weighted by atomic mass is 9.51. The van der Waals surface area contributed by atoms with Gasteiger partial charge < -0.3 is 9.64 Å². The van der Waals surface area contributed by atoms with Crippen molar-refractivity contribution in [1.29, 1.82) is 0 Å². The van der Waals surface area contributed by atoms with Crippen molar-refractivity contribution in [3.8, 4) is 0 Å². The summed E-state index contributed by atoms with van der Waals surface area (Å²) in [7, 11) is -2.00. The van der Waals surface area contributed by atoms with Crippen LogP contribution in [0.2, 0.25) is 0 Å². The van der Waals surface area contributed by atoms with Gasteiger partial charge >= 0.3 is 0 Å². The zero-order valence-corrected chi connectivity index (χ0v) is 19.3. The number of piperidine rings is 1. The summed E-state index contributed by atoms with van der Waals surface area (Å²) in [6.07, 6.45) is 5.54. The highest BCUT2D eigenvalue weighted by Gasteiger charge is 2.57. The minimum Gasteiger partial charge on any atom is -0.381 e. The number of ether oxygens (including phenoxy) is 1. The summed E-state index contributed by atoms with van der Waals surface area (Å²) in [5, 5.41) is 5.40. The molecule has 1 heterocycles. The Kier molecular flexibility index (Phi) is 5.31. The molecule has 2 N–H and O–H groups in total. The Morgan fingerprint density at radius 3 is 2.43 bits per heavy atom. The van der Waals surface area contributed by atoms with Gasteiger partial charge in [0.15, 0.2) is 0 Å². The van der Waals surface area contributed by atoms with Crippen molar-refractivity contribution < 1.29 is 17.9 Å². The first-order chi connectivity index (χ1) is 14.0. The average molecular weight is 435 g/mol. The van der Waals surface area contributed by atoms with Crippen LogP contribution in [0.25, 0.3) is 0 Å². The molecule has 3 aliphatic rings. The third kappa shape index (κ3) is 3.30. The number of hydrogen-bond donors (Lipinski definition) is 1. The van der Waals surface area contributed by atoms with Crippen molar-refractivity contribution in [2.75, 3.05) is 13.7 Å². The molecular weight excluding hydrogens is 400 g/mol. The van der Waals surface area contributed by atoms with Gasteiger partial charge in [-0.1, -0.05) is 26.8 Å². The summed E-state index contributed by atoms with van der Waals surface area (Å²) < 4.78 is 29.3. The Morgan fingerprint density at radius 1 is 1.17 bits per heavy atom. The monoisotopic (exact) mass is 434 g/mol. The highest BCUT2D eigenvalue weighted by Crippen LogP contribution is 2.56. The molecule has 1 aliphatic heterocycles. The number of carbonyl (C=O) groups is 1. The largest absolute Gasteiger partial charge is 0.381 e. The molecule has 2 bridgehead atoms. The van der Waals surface area contributed by atoms with Crippen molar-refractivity contribution >= 4 is 15.9 Å². The quantitative estimate of drug-likeness (QED) is 0.792. The minimum absolute atomic E-state index is 0.0858. The molecule has 0 aromatic heterocycles. The van der Waals surface area contributed by atoms with E-state index in [0.29, 0.717) is 6.54 Å². The fourth-order valence-corrected chi connectivity index (χ4v) is 6.64. The molecule has 4 rings (SSSR count). The van der Waals surface area contributed by atoms with E-state index in [1.54, 1.807) is 19.2 Å². The Balaban J connectivity index is 1.66. The van der Waals surface area contributed by atoms with Crippen LogP contribution >= 0.6 is 0 Å². The second kappa shape index (κ2) is 7.31. The van der Waals surface area contributed by atoms with Gasteiger partial charge in [-0.3, -0.25) is 4.79 Å². The molecular formula is C23H34N2O4S. The molecule has 1 saturated carbocycles. The van der Waals surface area contributed by atoms with Gasteiger partial charge in [-0.05, 0) is 67.2 Å². The normalized spacial score (nSPS) is 33.1. The number of likely N-dealkylation sites (tertiary alicyclic amines) is 1. The van der Waals surface area contributed by atoms with E-state index in [-0.39, 0.29) is 39.7 Å². The molecule has 7 heteroatoms. The molecule has 1 saturated heterocycles. The van der Waals surface area contributed by atoms with Crippen molar-refractivity contribution in [2.24, 2.45) is 16.5 Å². The van der Waals surface area contributed by atoms with E-state index in [4.69, 9.17) is 9.88 Å². The number of nitrogens with two attached hydrogens (primary N) is 1. The number of benzene rings is 1. The molecule has 0 spiro atoms. The third-order valence-electron chi connectivity index (χ3n) is 8.54. The summed E-state index contributed by atoms with van der Waals surface area (Å²) >= 11 is 0. The van der Waals surface area contributed by atoms with Crippen LogP contribution < -0.4 is 5.14 Å². The van der Waals surface area contributed by atoms with Gasteiger partial charge in [0, 0.05) is 31.0 Å². The van der Waals surface area contributed by atoms with Crippen molar-refractivity contribution in [1.82, 2.24) is 4.90 Å². The molecule has 0 radical (unpaired) electrons. The van der Waals surface area contributed by atoms with E-state index in [1.165, 1.54) is 0 Å². The van der Waals surface area contributed by atoms with Crippen molar-refractivity contribution in [2.45, 2.75) is 81.8 Å². The Labute approximate surface area is 180 Å². The summed E-state index contributed by atoms with van der Waals surface area (Å²) in [5.41, 5.74) is 1.82. The Hall–Kier alpha value is -1.44. The highest BCUT2D eigenvalue weighted by molar-refractivity contribution is 7.89. The van der Waals surface area contributed by atoms with Crippen LogP contribution in [0.3, 0.4) is 0 Å². The second-order valence-corrected chi connectivity index (χ2v) is 11.7. The lowest BCUT2D eigenvalue weighted by Gasteiger charge is -2.61. The highest BCUT2D eigenvalue weighted by atomic mass is 32.2. The number of primary sulfonamides is 1. The smallest absolute Gasteiger partial charge is 0.238 e. The number of nitrogens with zero attached hydrogens (tertiary/aromatic N) is 1. The minimum atomic E-state index is -3.75. The number of sulfonamides is 1. The van der Waals surface area contributed by atoms with Gasteiger partial charge in [0.2, 0.25) is 15.9 Å². The van der Waals surface area contributed by atoms with Gasteiger partial charge in [0.1, 0.15) is 0 Å². The first-order valence-corrected chi connectivity index (χ1v) is 12.5. The van der Waals surface area contributed by atoms with E-state index in [9.17, 15) is 13.2 Å². The molecule has 6 nitrogen and oxygen atoms in total. The second-order valence-electron chi connectivity index (χ2n) is 10.1. The maximum Gasteiger partial charge on any atom is 0.238 e. The van der Waals surface area contributed by atoms with Crippen LogP contribution in [0.4, 0.5) is 0 Å². The van der Waals surface area contributed by atoms with Gasteiger partial charge in [-0.15, -0.1) is 0 Å². The number of carbonyl (C=O) groups excluding carboxylic acids is 1. The number of methoxy groups -OCH3 is 1. The van der Waals surface area contributed by atoms with Crippen LogP contribution in [-0.4, -0.2) is 45.0 Å². The zero-order chi connectivity index (χ0) is 21.9. The summed E-state index contributed by atoms with van der Waals surface area (Å²) in [5.74, 6) is 0.372. The summed E-state index contributed by atoms with van der Waals surface area (Å²) in [4.78, 5) is 15.8. The van der Waals surface area contributed by atoms with Gasteiger partial charge in [0.05, 0.1) is 11.0 Å².